The molecule has 1 aromatic carbocycles. The summed E-state index contributed by atoms with van der Waals surface area (Å²) in [7, 11) is -3.52. The van der Waals surface area contributed by atoms with E-state index in [0.29, 0.717) is 19.5 Å². The molecular weight excluding hydrogens is 336 g/mol. The van der Waals surface area contributed by atoms with Crippen molar-refractivity contribution in [3.8, 4) is 0 Å². The number of carbonyl (C=O) groups excluding carboxylic acids is 1. The highest BCUT2D eigenvalue weighted by atomic mass is 32.2. The molecule has 1 amide bonds. The van der Waals surface area contributed by atoms with Crippen molar-refractivity contribution >= 4 is 27.7 Å². The molecule has 1 aromatic rings. The first-order chi connectivity index (χ1) is 11.0. The fourth-order valence-corrected chi connectivity index (χ4v) is 4.36. The lowest BCUT2D eigenvalue weighted by atomic mass is 10.2. The number of piperazine rings is 1. The van der Waals surface area contributed by atoms with Crippen LogP contribution in [0.3, 0.4) is 0 Å². The zero-order valence-corrected chi connectivity index (χ0v) is 14.7. The smallest absolute Gasteiger partial charge is 0.251 e. The first kappa shape index (κ1) is 18.3. The van der Waals surface area contributed by atoms with Crippen molar-refractivity contribution in [2.75, 3.05) is 38.2 Å². The topological polar surface area (TPSA) is 77.9 Å². The third-order valence-electron chi connectivity index (χ3n) is 3.81. The standard InChI is InChI=1S/C15H22N2O4S2/c1-22-12-7-14(18)15(19)16-8-10-17(11-9-16)23(20,21)13-5-3-2-4-6-13/h2-6,14,18H,7-12H2,1H3. The van der Waals surface area contributed by atoms with Crippen LogP contribution in [-0.2, 0) is 14.8 Å². The molecule has 2 rings (SSSR count). The molecule has 1 unspecified atom stereocenters. The number of sulfonamides is 1. The Hall–Kier alpha value is -1.09. The van der Waals surface area contributed by atoms with E-state index in [1.807, 2.05) is 6.26 Å². The maximum atomic E-state index is 12.5. The van der Waals surface area contributed by atoms with Gasteiger partial charge in [0.1, 0.15) is 6.10 Å². The minimum absolute atomic E-state index is 0.248. The van der Waals surface area contributed by atoms with Crippen molar-refractivity contribution in [2.45, 2.75) is 17.4 Å². The molecule has 128 valence electrons. The maximum Gasteiger partial charge on any atom is 0.251 e. The number of benzene rings is 1. The van der Waals surface area contributed by atoms with Crippen LogP contribution in [0.1, 0.15) is 6.42 Å². The second-order valence-corrected chi connectivity index (χ2v) is 8.26. The molecule has 0 spiro atoms. The first-order valence-electron chi connectivity index (χ1n) is 7.48. The van der Waals surface area contributed by atoms with Crippen LogP contribution in [-0.4, -0.2) is 72.9 Å². The molecule has 1 fully saturated rings. The zero-order valence-electron chi connectivity index (χ0n) is 13.1. The minimum atomic E-state index is -3.52. The van der Waals surface area contributed by atoms with E-state index in [4.69, 9.17) is 0 Å². The number of rotatable bonds is 6. The van der Waals surface area contributed by atoms with Gasteiger partial charge in [-0.1, -0.05) is 18.2 Å². The number of nitrogens with zero attached hydrogens (tertiary/aromatic N) is 2. The Morgan fingerprint density at radius 3 is 2.39 bits per heavy atom. The largest absolute Gasteiger partial charge is 0.383 e. The van der Waals surface area contributed by atoms with Crippen LogP contribution < -0.4 is 0 Å². The fraction of sp³-hybridized carbons (Fsp3) is 0.533. The van der Waals surface area contributed by atoms with E-state index in [2.05, 4.69) is 0 Å². The monoisotopic (exact) mass is 358 g/mol. The highest BCUT2D eigenvalue weighted by Gasteiger charge is 2.31. The lowest BCUT2D eigenvalue weighted by Crippen LogP contribution is -2.52. The molecule has 0 bridgehead atoms. The summed E-state index contributed by atoms with van der Waals surface area (Å²) in [5, 5.41) is 9.87. The van der Waals surface area contributed by atoms with Gasteiger partial charge in [-0.25, -0.2) is 8.42 Å². The minimum Gasteiger partial charge on any atom is -0.383 e. The van der Waals surface area contributed by atoms with E-state index in [0.717, 1.165) is 5.75 Å². The van der Waals surface area contributed by atoms with Gasteiger partial charge in [-0.15, -0.1) is 0 Å². The molecule has 0 aliphatic carbocycles. The van der Waals surface area contributed by atoms with Crippen molar-refractivity contribution < 1.29 is 18.3 Å². The Labute approximate surface area is 141 Å². The van der Waals surface area contributed by atoms with Gasteiger partial charge in [0.25, 0.3) is 5.91 Å². The summed E-state index contributed by atoms with van der Waals surface area (Å²) in [6.45, 7) is 1.11. The zero-order chi connectivity index (χ0) is 16.9. The van der Waals surface area contributed by atoms with Crippen LogP contribution in [0, 0.1) is 0 Å². The molecule has 1 saturated heterocycles. The maximum absolute atomic E-state index is 12.5. The number of aliphatic hydroxyl groups is 1. The second-order valence-electron chi connectivity index (χ2n) is 5.34. The third kappa shape index (κ3) is 4.47. The summed E-state index contributed by atoms with van der Waals surface area (Å²) in [6, 6.07) is 8.28. The Bertz CT molecular complexity index is 614. The van der Waals surface area contributed by atoms with E-state index in [1.54, 1.807) is 47.0 Å². The molecule has 1 heterocycles. The SMILES string of the molecule is CSCCC(O)C(=O)N1CCN(S(=O)(=O)c2ccccc2)CC1. The molecule has 6 nitrogen and oxygen atoms in total. The number of carbonyl (C=O) groups is 1. The number of thioether (sulfide) groups is 1. The third-order valence-corrected chi connectivity index (χ3v) is 6.37. The number of hydrogen-bond donors (Lipinski definition) is 1. The predicted molar refractivity (Wildman–Crippen MR) is 90.8 cm³/mol. The van der Waals surface area contributed by atoms with Crippen molar-refractivity contribution in [2.24, 2.45) is 0 Å². The molecule has 0 radical (unpaired) electrons. The Kier molecular flexibility index (Phi) is 6.46. The van der Waals surface area contributed by atoms with E-state index in [-0.39, 0.29) is 23.9 Å². The van der Waals surface area contributed by atoms with Crippen molar-refractivity contribution in [1.29, 1.82) is 0 Å². The van der Waals surface area contributed by atoms with Gasteiger partial charge < -0.3 is 10.0 Å². The van der Waals surface area contributed by atoms with Crippen LogP contribution in [0.4, 0.5) is 0 Å². The van der Waals surface area contributed by atoms with Gasteiger partial charge in [-0.2, -0.15) is 16.1 Å². The summed E-state index contributed by atoms with van der Waals surface area (Å²) in [5.41, 5.74) is 0. The highest BCUT2D eigenvalue weighted by Crippen LogP contribution is 2.17. The summed E-state index contributed by atoms with van der Waals surface area (Å²) < 4.78 is 26.4. The van der Waals surface area contributed by atoms with Crippen LogP contribution in [0.2, 0.25) is 0 Å². The molecule has 1 atom stereocenters. The van der Waals surface area contributed by atoms with Crippen LogP contribution >= 0.6 is 11.8 Å². The molecular formula is C15H22N2O4S2. The van der Waals surface area contributed by atoms with E-state index >= 15 is 0 Å². The van der Waals surface area contributed by atoms with E-state index in [1.165, 1.54) is 4.31 Å². The molecule has 0 aromatic heterocycles. The van der Waals surface area contributed by atoms with Gasteiger partial charge >= 0.3 is 0 Å². The van der Waals surface area contributed by atoms with Gasteiger partial charge in [-0.05, 0) is 30.6 Å². The summed E-state index contributed by atoms with van der Waals surface area (Å²) in [5.74, 6) is 0.408. The van der Waals surface area contributed by atoms with Gasteiger partial charge in [0.05, 0.1) is 4.90 Å². The van der Waals surface area contributed by atoms with Gasteiger partial charge in [0.15, 0.2) is 0 Å². The van der Waals surface area contributed by atoms with Gasteiger partial charge in [-0.3, -0.25) is 4.79 Å². The summed E-state index contributed by atoms with van der Waals surface area (Å²) in [4.78, 5) is 13.9. The fourth-order valence-electron chi connectivity index (χ4n) is 2.45. The van der Waals surface area contributed by atoms with Crippen LogP contribution in [0.25, 0.3) is 0 Å². The Balaban J connectivity index is 1.95. The highest BCUT2D eigenvalue weighted by molar-refractivity contribution is 7.98. The van der Waals surface area contributed by atoms with Crippen molar-refractivity contribution in [3.05, 3.63) is 30.3 Å². The van der Waals surface area contributed by atoms with Gasteiger partial charge in [0.2, 0.25) is 10.0 Å². The molecule has 8 heteroatoms. The molecule has 1 aliphatic rings. The normalized spacial score (nSPS) is 17.9. The number of amides is 1. The molecule has 0 saturated carbocycles. The first-order valence-corrected chi connectivity index (χ1v) is 10.3. The lowest BCUT2D eigenvalue weighted by molar-refractivity contribution is -0.141. The Morgan fingerprint density at radius 2 is 1.83 bits per heavy atom. The molecule has 1 N–H and O–H groups in total. The average Bonchev–Trinajstić information content (AvgIpc) is 2.59. The molecule has 1 aliphatic heterocycles. The number of hydrogen-bond acceptors (Lipinski definition) is 5. The van der Waals surface area contributed by atoms with Crippen molar-refractivity contribution in [1.82, 2.24) is 9.21 Å². The quantitative estimate of drug-likeness (QED) is 0.807. The molecule has 23 heavy (non-hydrogen) atoms. The van der Waals surface area contributed by atoms with E-state index < -0.39 is 16.1 Å². The second kappa shape index (κ2) is 8.14. The van der Waals surface area contributed by atoms with Gasteiger partial charge in [0, 0.05) is 26.2 Å². The summed E-state index contributed by atoms with van der Waals surface area (Å²) >= 11 is 1.58. The van der Waals surface area contributed by atoms with E-state index in [9.17, 15) is 18.3 Å². The average molecular weight is 358 g/mol. The van der Waals surface area contributed by atoms with Crippen molar-refractivity contribution in [3.63, 3.8) is 0 Å². The van der Waals surface area contributed by atoms with Crippen LogP contribution in [0.15, 0.2) is 35.2 Å². The van der Waals surface area contributed by atoms with Crippen LogP contribution in [0.5, 0.6) is 0 Å². The summed E-state index contributed by atoms with van der Waals surface area (Å²) in [6.07, 6.45) is 1.34. The Morgan fingerprint density at radius 1 is 1.22 bits per heavy atom. The lowest BCUT2D eigenvalue weighted by Gasteiger charge is -2.35. The predicted octanol–water partition coefficient (Wildman–Crippen LogP) is 0.633. The number of aliphatic hydroxyl groups excluding tert-OH is 1.